The molecule has 4 aliphatic carbocycles. The van der Waals surface area contributed by atoms with Crippen molar-refractivity contribution in [3.8, 4) is 23.0 Å². The molecule has 0 amide bonds. The third-order valence-corrected chi connectivity index (χ3v) is 12.3. The van der Waals surface area contributed by atoms with E-state index in [0.717, 1.165) is 0 Å². The second kappa shape index (κ2) is 19.0. The monoisotopic (exact) mass is 940 g/mol. The topological polar surface area (TPSA) is 263 Å². The first-order valence-corrected chi connectivity index (χ1v) is 22.3. The number of nitrogens with zero attached hydrogens (tertiary/aromatic N) is 4. The quantitative estimate of drug-likeness (QED) is 0.0397. The molecule has 0 heterocycles. The molecule has 0 bridgehead atoms. The number of nitrogens with one attached hydrogen (secondary N) is 2. The maximum Gasteiger partial charge on any atom is 0.229 e. The molecule has 0 saturated heterocycles. The van der Waals surface area contributed by atoms with Gasteiger partial charge in [0.05, 0.1) is 22.5 Å². The van der Waals surface area contributed by atoms with Gasteiger partial charge < -0.3 is 41.3 Å². The highest BCUT2D eigenvalue weighted by Crippen LogP contribution is 2.51. The van der Waals surface area contributed by atoms with Crippen LogP contribution in [0.1, 0.15) is 41.5 Å². The summed E-state index contributed by atoms with van der Waals surface area (Å²) in [6.07, 6.45) is 2.53. The summed E-state index contributed by atoms with van der Waals surface area (Å²) < 4.78 is 0. The number of aliphatic hydroxyl groups is 2. The number of aromatic hydroxyl groups is 4. The number of Topliss-reactive ketones (excluding diaryl/α,β-unsaturated/α-hetero) is 4. The summed E-state index contributed by atoms with van der Waals surface area (Å²) in [5.74, 6) is -5.83. The smallest absolute Gasteiger partial charge is 0.229 e. The van der Waals surface area contributed by atoms with E-state index in [0.29, 0.717) is 22.7 Å². The Morgan fingerprint density at radius 1 is 0.443 bits per heavy atom. The van der Waals surface area contributed by atoms with Crippen LogP contribution in [0, 0.1) is 11.8 Å². The van der Waals surface area contributed by atoms with Gasteiger partial charge in [-0.1, -0.05) is 27.7 Å². The fourth-order valence-electron chi connectivity index (χ4n) is 8.98. The first-order chi connectivity index (χ1) is 33.4. The predicted octanol–water partition coefficient (Wildman–Crippen LogP) is 10.6. The molecule has 4 aromatic carbocycles. The van der Waals surface area contributed by atoms with Crippen molar-refractivity contribution in [3.05, 3.63) is 188 Å². The average Bonchev–Trinajstić information content (AvgIpc) is 3.32. The number of carbonyl (C=O) groups excluding carboxylic acids is 4. The predicted molar refractivity (Wildman–Crippen MR) is 261 cm³/mol. The van der Waals surface area contributed by atoms with E-state index >= 15 is 9.59 Å². The van der Waals surface area contributed by atoms with Crippen LogP contribution in [0.4, 0.5) is 22.7 Å². The molecule has 0 saturated carbocycles. The van der Waals surface area contributed by atoms with Crippen molar-refractivity contribution in [3.63, 3.8) is 0 Å². The van der Waals surface area contributed by atoms with Crippen LogP contribution < -0.4 is 10.6 Å². The Balaban J connectivity index is 1.41. The zero-order chi connectivity index (χ0) is 50.3. The zero-order valence-corrected chi connectivity index (χ0v) is 38.8. The molecule has 4 aliphatic rings. The van der Waals surface area contributed by atoms with Crippen molar-refractivity contribution in [2.24, 2.45) is 32.3 Å². The maximum atomic E-state index is 15.9. The molecule has 354 valence electrons. The van der Waals surface area contributed by atoms with Crippen molar-refractivity contribution in [1.82, 2.24) is 0 Å². The van der Waals surface area contributed by atoms with E-state index in [1.165, 1.54) is 109 Å². The van der Waals surface area contributed by atoms with Crippen LogP contribution in [0.5, 0.6) is 23.0 Å². The van der Waals surface area contributed by atoms with Crippen LogP contribution in [0.15, 0.2) is 208 Å². The molecule has 4 aromatic rings. The molecule has 70 heavy (non-hydrogen) atoms. The van der Waals surface area contributed by atoms with Crippen molar-refractivity contribution in [2.75, 3.05) is 10.6 Å². The molecular weight excluding hydrogens is 893 g/mol. The SMILES string of the molecule is CC1=C(C2=C(C)C(N=Nc3ccc(O)cc3)C3=C(C2=O)/C(=C/Nc2ccc(O)cc2)C(=O)C(O)=C3C(C)C)C(=O)C2=C(C(C(C)C)=C(O)C(=O)/C2=C\Nc2ccc(O)cc2)C1N=Nc1ccc(O)cc1. The summed E-state index contributed by atoms with van der Waals surface area (Å²) in [7, 11) is 0. The highest BCUT2D eigenvalue weighted by atomic mass is 16.3. The summed E-state index contributed by atoms with van der Waals surface area (Å²) in [5, 5.41) is 88.0. The van der Waals surface area contributed by atoms with Crippen LogP contribution in [-0.4, -0.2) is 65.9 Å². The van der Waals surface area contributed by atoms with Gasteiger partial charge in [0.25, 0.3) is 0 Å². The minimum Gasteiger partial charge on any atom is -0.508 e. The van der Waals surface area contributed by atoms with Crippen LogP contribution in [-0.2, 0) is 19.2 Å². The Morgan fingerprint density at radius 2 is 0.743 bits per heavy atom. The van der Waals surface area contributed by atoms with Gasteiger partial charge in [-0.2, -0.15) is 20.5 Å². The number of anilines is 2. The fraction of sp³-hybridized carbons (Fsp3) is 0.185. The van der Waals surface area contributed by atoms with E-state index in [9.17, 15) is 40.2 Å². The highest BCUT2D eigenvalue weighted by Gasteiger charge is 2.50. The molecular formula is C54H48N6O10. The van der Waals surface area contributed by atoms with Crippen LogP contribution in [0.25, 0.3) is 0 Å². The van der Waals surface area contributed by atoms with E-state index in [1.807, 2.05) is 0 Å². The van der Waals surface area contributed by atoms with E-state index < -0.39 is 58.6 Å². The normalized spacial score (nSPS) is 20.2. The van der Waals surface area contributed by atoms with Gasteiger partial charge in [-0.05, 0) is 134 Å². The molecule has 0 spiro atoms. The maximum absolute atomic E-state index is 15.9. The number of rotatable bonds is 11. The molecule has 2 atom stereocenters. The number of hydrogen-bond donors (Lipinski definition) is 8. The third-order valence-electron chi connectivity index (χ3n) is 12.3. The van der Waals surface area contributed by atoms with E-state index in [1.54, 1.807) is 41.5 Å². The lowest BCUT2D eigenvalue weighted by atomic mass is 9.65. The van der Waals surface area contributed by atoms with Crippen LogP contribution in [0.2, 0.25) is 0 Å². The number of carbonyl (C=O) groups is 4. The number of hydrogen-bond acceptors (Lipinski definition) is 16. The van der Waals surface area contributed by atoms with Crippen LogP contribution in [0.3, 0.4) is 0 Å². The minimum absolute atomic E-state index is 0.0198. The molecule has 8 rings (SSSR count). The standard InChI is InChI=1S/C54H48N6O10/c1-25(2)39-45-43(37(49(65)53(39)69)23-55-29-7-15-33(61)16-8-29)51(67)41(27(5)47(45)59-57-31-11-19-35(63)20-12-31)42-28(6)48(60-58-32-13-21-36(64)22-14-32)46-40(26(3)4)54(70)50(66)38(44(46)52(42)68)24-56-30-9-17-34(62)18-10-30/h7-26,47-48,55-56,61-64,69-70H,1-6H3/b37-23-,38-24-,59-57?,60-58?. The van der Waals surface area contributed by atoms with Crippen molar-refractivity contribution in [2.45, 2.75) is 53.6 Å². The molecule has 0 aliphatic heterocycles. The second-order valence-electron chi connectivity index (χ2n) is 17.6. The highest BCUT2D eigenvalue weighted by molar-refractivity contribution is 6.34. The van der Waals surface area contributed by atoms with Gasteiger partial charge in [0.2, 0.25) is 11.6 Å². The molecule has 0 aromatic heterocycles. The molecule has 16 nitrogen and oxygen atoms in total. The second-order valence-corrected chi connectivity index (χ2v) is 17.6. The Hall–Kier alpha value is -8.92. The summed E-state index contributed by atoms with van der Waals surface area (Å²) in [6, 6.07) is 21.0. The van der Waals surface area contributed by atoms with Crippen molar-refractivity contribution >= 4 is 45.9 Å². The van der Waals surface area contributed by atoms with Gasteiger partial charge in [0.1, 0.15) is 35.1 Å². The van der Waals surface area contributed by atoms with E-state index in [4.69, 9.17) is 10.2 Å². The zero-order valence-electron chi connectivity index (χ0n) is 38.8. The van der Waals surface area contributed by atoms with Gasteiger partial charge >= 0.3 is 0 Å². The van der Waals surface area contributed by atoms with Gasteiger partial charge in [-0.15, -0.1) is 0 Å². The summed E-state index contributed by atoms with van der Waals surface area (Å²) in [6.45, 7) is 10.1. The summed E-state index contributed by atoms with van der Waals surface area (Å²) in [5.41, 5.74) is 1.10. The Bertz CT molecular complexity index is 3000. The first kappa shape index (κ1) is 47.6. The Kier molecular flexibility index (Phi) is 12.9. The van der Waals surface area contributed by atoms with Gasteiger partial charge in [0, 0.05) is 68.4 Å². The number of benzene rings is 4. The lowest BCUT2D eigenvalue weighted by Gasteiger charge is -2.38. The lowest BCUT2D eigenvalue weighted by molar-refractivity contribution is -0.117. The largest absolute Gasteiger partial charge is 0.508 e. The minimum atomic E-state index is -1.24. The fourth-order valence-corrected chi connectivity index (χ4v) is 8.98. The molecule has 16 heteroatoms. The van der Waals surface area contributed by atoms with E-state index in [2.05, 4.69) is 20.9 Å². The summed E-state index contributed by atoms with van der Waals surface area (Å²) in [4.78, 5) is 60.7. The van der Waals surface area contributed by atoms with Crippen molar-refractivity contribution in [1.29, 1.82) is 0 Å². The van der Waals surface area contributed by atoms with Crippen molar-refractivity contribution < 1.29 is 49.8 Å². The average molecular weight is 941 g/mol. The molecule has 8 N–H and O–H groups in total. The van der Waals surface area contributed by atoms with Gasteiger partial charge in [-0.25, -0.2) is 0 Å². The summed E-state index contributed by atoms with van der Waals surface area (Å²) >= 11 is 0. The lowest BCUT2D eigenvalue weighted by Crippen LogP contribution is -2.39. The number of phenolic OH excluding ortho intramolecular Hbond substituents is 4. The van der Waals surface area contributed by atoms with Gasteiger partial charge in [-0.3, -0.25) is 19.2 Å². The molecule has 2 unspecified atom stereocenters. The van der Waals surface area contributed by atoms with Gasteiger partial charge in [0.15, 0.2) is 23.1 Å². The van der Waals surface area contributed by atoms with E-state index in [-0.39, 0.29) is 89.9 Å². The number of allylic oxidation sites excluding steroid dienone is 6. The Labute approximate surface area is 401 Å². The van der Waals surface area contributed by atoms with Crippen LogP contribution >= 0.6 is 0 Å². The molecule has 0 fully saturated rings. The Morgan fingerprint density at radius 3 is 1.04 bits per heavy atom. The third kappa shape index (κ3) is 8.73. The number of ketones is 4. The number of aliphatic hydroxyl groups excluding tert-OH is 2. The number of phenols is 4. The molecule has 0 radical (unpaired) electrons. The first-order valence-electron chi connectivity index (χ1n) is 22.3. The number of azo groups is 2.